The summed E-state index contributed by atoms with van der Waals surface area (Å²) in [5.41, 5.74) is 2.80. The van der Waals surface area contributed by atoms with Crippen LogP contribution in [0.15, 0.2) is 43.0 Å². The number of hydrogen-bond acceptors (Lipinski definition) is 8. The summed E-state index contributed by atoms with van der Waals surface area (Å²) in [7, 11) is 0. The smallest absolute Gasteiger partial charge is 0.230 e. The van der Waals surface area contributed by atoms with E-state index in [9.17, 15) is 5.11 Å². The van der Waals surface area contributed by atoms with Gasteiger partial charge in [-0.1, -0.05) is 0 Å². The van der Waals surface area contributed by atoms with Crippen LogP contribution < -0.4 is 15.5 Å². The van der Waals surface area contributed by atoms with Gasteiger partial charge in [0.25, 0.3) is 0 Å². The van der Waals surface area contributed by atoms with Crippen molar-refractivity contribution < 1.29 is 5.11 Å². The van der Waals surface area contributed by atoms with Crippen LogP contribution in [0, 0.1) is 0 Å². The van der Waals surface area contributed by atoms with Crippen LogP contribution >= 0.6 is 0 Å². The number of aliphatic hydroxyl groups is 1. The van der Waals surface area contributed by atoms with Gasteiger partial charge in [-0.3, -0.25) is 4.98 Å². The Kier molecular flexibility index (Phi) is 4.89. The van der Waals surface area contributed by atoms with Crippen LogP contribution in [-0.4, -0.2) is 61.9 Å². The van der Waals surface area contributed by atoms with E-state index in [2.05, 4.69) is 36.6 Å². The number of aromatic nitrogens is 5. The molecule has 0 radical (unpaired) electrons. The molecular formula is C21H24N8O. The van der Waals surface area contributed by atoms with Crippen molar-refractivity contribution in [3.8, 4) is 0 Å². The minimum Gasteiger partial charge on any atom is -0.392 e. The summed E-state index contributed by atoms with van der Waals surface area (Å²) in [5, 5.41) is 18.5. The molecule has 154 valence electrons. The molecule has 0 aromatic carbocycles. The summed E-state index contributed by atoms with van der Waals surface area (Å²) in [4.78, 5) is 20.3. The summed E-state index contributed by atoms with van der Waals surface area (Å²) in [5.74, 6) is 1.15. The number of rotatable bonds is 5. The number of pyridine rings is 2. The van der Waals surface area contributed by atoms with Gasteiger partial charge in [-0.2, -0.15) is 4.98 Å². The largest absolute Gasteiger partial charge is 0.392 e. The van der Waals surface area contributed by atoms with Crippen LogP contribution in [-0.2, 0) is 6.54 Å². The van der Waals surface area contributed by atoms with Crippen LogP contribution in [0.1, 0.15) is 6.92 Å². The zero-order valence-electron chi connectivity index (χ0n) is 16.8. The van der Waals surface area contributed by atoms with Crippen molar-refractivity contribution in [3.05, 3.63) is 43.0 Å². The van der Waals surface area contributed by atoms with E-state index in [1.54, 1.807) is 25.5 Å². The number of fused-ring (bicyclic) bond motifs is 3. The molecule has 0 spiro atoms. The third kappa shape index (κ3) is 3.53. The molecule has 30 heavy (non-hydrogen) atoms. The monoisotopic (exact) mass is 404 g/mol. The molecule has 0 saturated carbocycles. The Morgan fingerprint density at radius 1 is 1.10 bits per heavy atom. The Bertz CT molecular complexity index is 1170. The Hall–Kier alpha value is -3.30. The van der Waals surface area contributed by atoms with Gasteiger partial charge < -0.3 is 25.2 Å². The molecule has 3 N–H and O–H groups in total. The summed E-state index contributed by atoms with van der Waals surface area (Å²) >= 11 is 0. The third-order valence-electron chi connectivity index (χ3n) is 5.32. The molecule has 9 nitrogen and oxygen atoms in total. The van der Waals surface area contributed by atoms with E-state index in [1.165, 1.54) is 0 Å². The Morgan fingerprint density at radius 2 is 1.97 bits per heavy atom. The van der Waals surface area contributed by atoms with Crippen molar-refractivity contribution in [1.82, 2.24) is 29.8 Å². The number of nitrogens with zero attached hydrogens (tertiary/aromatic N) is 6. The molecule has 5 heterocycles. The van der Waals surface area contributed by atoms with Crippen LogP contribution in [0.25, 0.3) is 21.9 Å². The first kappa shape index (κ1) is 18.7. The molecule has 1 unspecified atom stereocenters. The predicted molar refractivity (Wildman–Crippen MR) is 117 cm³/mol. The van der Waals surface area contributed by atoms with Crippen LogP contribution in [0.4, 0.5) is 17.5 Å². The Balaban J connectivity index is 1.45. The van der Waals surface area contributed by atoms with E-state index in [0.717, 1.165) is 53.8 Å². The van der Waals surface area contributed by atoms with Gasteiger partial charge in [-0.25, -0.2) is 9.97 Å². The molecule has 1 saturated heterocycles. The van der Waals surface area contributed by atoms with Gasteiger partial charge in [0.2, 0.25) is 5.95 Å². The summed E-state index contributed by atoms with van der Waals surface area (Å²) < 4.78 is 1.98. The van der Waals surface area contributed by atoms with E-state index in [1.807, 2.05) is 22.9 Å². The zero-order valence-corrected chi connectivity index (χ0v) is 16.8. The van der Waals surface area contributed by atoms with E-state index >= 15 is 0 Å². The fourth-order valence-corrected chi connectivity index (χ4v) is 3.91. The minimum absolute atomic E-state index is 0.430. The van der Waals surface area contributed by atoms with Gasteiger partial charge in [0, 0.05) is 49.3 Å². The number of hydrogen-bond donors (Lipinski definition) is 3. The zero-order chi connectivity index (χ0) is 20.5. The maximum absolute atomic E-state index is 9.96. The topological polar surface area (TPSA) is 104 Å². The maximum Gasteiger partial charge on any atom is 0.230 e. The Labute approximate surface area is 173 Å². The van der Waals surface area contributed by atoms with Crippen LogP contribution in [0.2, 0.25) is 0 Å². The molecule has 0 aliphatic carbocycles. The number of aliphatic hydroxyl groups excluding tert-OH is 1. The van der Waals surface area contributed by atoms with E-state index in [4.69, 9.17) is 4.98 Å². The van der Waals surface area contributed by atoms with Gasteiger partial charge in [-0.05, 0) is 25.1 Å². The third-order valence-corrected chi connectivity index (χ3v) is 5.32. The summed E-state index contributed by atoms with van der Waals surface area (Å²) in [6.45, 7) is 6.14. The van der Waals surface area contributed by atoms with Crippen molar-refractivity contribution in [1.29, 1.82) is 0 Å². The molecule has 1 aliphatic rings. The standard InChI is InChI=1S/C21H24N8O/c1-14(30)13-29-18-12-23-5-4-16(18)17-11-25-21(27-20(17)29)26-19-3-2-15(10-24-19)28-8-6-22-7-9-28/h2-5,10-12,14,22,30H,6-9,13H2,1H3,(H,24,25,26,27). The number of anilines is 3. The molecule has 9 heteroatoms. The molecule has 1 atom stereocenters. The Morgan fingerprint density at radius 3 is 2.73 bits per heavy atom. The summed E-state index contributed by atoms with van der Waals surface area (Å²) in [6, 6.07) is 5.96. The lowest BCUT2D eigenvalue weighted by molar-refractivity contribution is 0.176. The average molecular weight is 404 g/mol. The lowest BCUT2D eigenvalue weighted by atomic mass is 10.2. The second-order valence-electron chi connectivity index (χ2n) is 7.55. The first-order valence-corrected chi connectivity index (χ1v) is 10.1. The molecule has 4 aromatic heterocycles. The highest BCUT2D eigenvalue weighted by molar-refractivity contribution is 6.06. The van der Waals surface area contributed by atoms with Gasteiger partial charge in [0.05, 0.1) is 36.2 Å². The molecule has 5 rings (SSSR count). The van der Waals surface area contributed by atoms with Crippen molar-refractivity contribution in [2.24, 2.45) is 0 Å². The number of nitrogens with one attached hydrogen (secondary N) is 2. The molecule has 1 fully saturated rings. The number of piperazine rings is 1. The first-order chi connectivity index (χ1) is 14.7. The SMILES string of the molecule is CC(O)Cn1c2cnccc2c2cnc(Nc3ccc(N4CCNCC4)cn3)nc21. The minimum atomic E-state index is -0.505. The van der Waals surface area contributed by atoms with Gasteiger partial charge in [-0.15, -0.1) is 0 Å². The van der Waals surface area contributed by atoms with E-state index in [0.29, 0.717) is 18.3 Å². The molecule has 4 aromatic rings. The van der Waals surface area contributed by atoms with Crippen molar-refractivity contribution in [2.45, 2.75) is 19.6 Å². The van der Waals surface area contributed by atoms with Crippen LogP contribution in [0.5, 0.6) is 0 Å². The lowest BCUT2D eigenvalue weighted by Crippen LogP contribution is -2.43. The first-order valence-electron chi connectivity index (χ1n) is 10.1. The fourth-order valence-electron chi connectivity index (χ4n) is 3.91. The molecule has 0 amide bonds. The predicted octanol–water partition coefficient (Wildman–Crippen LogP) is 1.91. The second-order valence-corrected chi connectivity index (χ2v) is 7.55. The highest BCUT2D eigenvalue weighted by Gasteiger charge is 2.15. The van der Waals surface area contributed by atoms with Gasteiger partial charge in [0.15, 0.2) is 0 Å². The van der Waals surface area contributed by atoms with Crippen molar-refractivity contribution >= 4 is 39.4 Å². The van der Waals surface area contributed by atoms with Crippen LogP contribution in [0.3, 0.4) is 0 Å². The fraction of sp³-hybridized carbons (Fsp3) is 0.333. The highest BCUT2D eigenvalue weighted by atomic mass is 16.3. The molecule has 0 bridgehead atoms. The van der Waals surface area contributed by atoms with Crippen molar-refractivity contribution in [2.75, 3.05) is 36.4 Å². The average Bonchev–Trinajstić information content (AvgIpc) is 3.08. The molecule has 1 aliphatic heterocycles. The van der Waals surface area contributed by atoms with E-state index in [-0.39, 0.29) is 0 Å². The second kappa shape index (κ2) is 7.85. The lowest BCUT2D eigenvalue weighted by Gasteiger charge is -2.29. The van der Waals surface area contributed by atoms with Crippen molar-refractivity contribution in [3.63, 3.8) is 0 Å². The summed E-state index contributed by atoms with van der Waals surface area (Å²) in [6.07, 6.45) is 6.73. The normalized spacial score (nSPS) is 15.6. The highest BCUT2D eigenvalue weighted by Crippen LogP contribution is 2.28. The maximum atomic E-state index is 9.96. The van der Waals surface area contributed by atoms with E-state index < -0.39 is 6.10 Å². The van der Waals surface area contributed by atoms with Gasteiger partial charge >= 0.3 is 0 Å². The quantitative estimate of drug-likeness (QED) is 0.463. The van der Waals surface area contributed by atoms with Gasteiger partial charge in [0.1, 0.15) is 11.5 Å². The molecular weight excluding hydrogens is 380 g/mol.